The van der Waals surface area contributed by atoms with Crippen LogP contribution < -0.4 is 0 Å². The smallest absolute Gasteiger partial charge is 0.315 e. The molecule has 6 heterocycles. The van der Waals surface area contributed by atoms with Gasteiger partial charge in [0.2, 0.25) is 6.29 Å². The number of esters is 1. The predicted molar refractivity (Wildman–Crippen MR) is 319 cm³/mol. The lowest BCUT2D eigenvalue weighted by Gasteiger charge is -2.71. The molecule has 546 valence electrons. The van der Waals surface area contributed by atoms with E-state index in [-0.39, 0.29) is 40.6 Å². The summed E-state index contributed by atoms with van der Waals surface area (Å²) in [6.45, 7) is 16.1. The van der Waals surface area contributed by atoms with Crippen molar-refractivity contribution in [3.63, 3.8) is 0 Å². The molecule has 30 heteroatoms. The number of rotatable bonds is 15. The van der Waals surface area contributed by atoms with Crippen molar-refractivity contribution in [1.29, 1.82) is 0 Å². The zero-order valence-electron chi connectivity index (χ0n) is 55.4. The Morgan fingerprint density at radius 2 is 1.01 bits per heavy atom. The maximum Gasteiger partial charge on any atom is 0.315 e. The van der Waals surface area contributed by atoms with E-state index in [1.165, 1.54) is 19.4 Å². The Morgan fingerprint density at radius 3 is 1.62 bits per heavy atom. The second-order valence-corrected chi connectivity index (χ2v) is 31.4. The number of allylic oxidation sites excluding steroid dienone is 2. The first-order valence-corrected chi connectivity index (χ1v) is 34.0. The first kappa shape index (κ1) is 74.3. The summed E-state index contributed by atoms with van der Waals surface area (Å²) in [7, 11) is 0. The first-order chi connectivity index (χ1) is 44.5. The second-order valence-electron chi connectivity index (χ2n) is 31.4. The fourth-order valence-corrected chi connectivity index (χ4v) is 19.0. The first-order valence-electron chi connectivity index (χ1n) is 34.0. The molecule has 0 aromatic rings. The molecule has 5 aliphatic carbocycles. The number of fused-ring (bicyclic) bond motifs is 7. The number of aliphatic hydroxyl groups is 17. The number of hydrogen-bond donors (Lipinski definition) is 17. The van der Waals surface area contributed by atoms with Crippen molar-refractivity contribution in [2.75, 3.05) is 26.4 Å². The molecule has 0 amide bonds. The van der Waals surface area contributed by atoms with Gasteiger partial charge >= 0.3 is 5.97 Å². The van der Waals surface area contributed by atoms with Crippen LogP contribution >= 0.6 is 0 Å². The standard InChI is InChI=1S/C65H106O30/c1-25-36(69)40(73)45(78)54(86-25)93-51-31(22-67)89-53(49(82)44(51)77)85-24-32-39(72)43(76)48(81)57(90-32)95-59(83)65-18-16-60(3,4)20-28(65)27-10-11-34-62(7)14-13-35(61(5,6)33(62)12-15-64(34,9)63(27,8)17-19-65)91-58-52(94-55-46(79)41(74)37(70)26(2)87-55)50(29(68)23-84-58)92-56-47(80)42(75)38(71)30(21-66)88-56/h10,25-26,28-58,66-82H,11-24H2,1-9H3/t25-,26-,28-,29-,30+,31+,32+,33-,34+,35-,36-,37-,38+,39+,40+,41+,42-,43-,44+,45+,46+,47+,48+,49+,50-,51+,52+,53+,54-,55-,56-,57-,58-,62-,63+,64+,65-/m0/s1. The molecule has 0 aromatic carbocycles. The van der Waals surface area contributed by atoms with Crippen LogP contribution in [-0.4, -0.2) is 303 Å². The number of carbonyl (C=O) groups is 1. The molecule has 95 heavy (non-hydrogen) atoms. The third-order valence-corrected chi connectivity index (χ3v) is 25.2. The highest BCUT2D eigenvalue weighted by Crippen LogP contribution is 2.76. The van der Waals surface area contributed by atoms with Gasteiger partial charge in [-0.15, -0.1) is 0 Å². The van der Waals surface area contributed by atoms with E-state index in [4.69, 9.17) is 56.8 Å². The molecule has 4 saturated carbocycles. The average Bonchev–Trinajstić information content (AvgIpc) is 0.676. The van der Waals surface area contributed by atoms with Crippen LogP contribution in [0.3, 0.4) is 0 Å². The van der Waals surface area contributed by atoms with E-state index in [1.54, 1.807) is 0 Å². The molecular formula is C65H106O30. The van der Waals surface area contributed by atoms with Gasteiger partial charge in [0, 0.05) is 0 Å². The third-order valence-electron chi connectivity index (χ3n) is 25.2. The molecule has 0 spiro atoms. The fourth-order valence-electron chi connectivity index (χ4n) is 19.0. The van der Waals surface area contributed by atoms with Crippen molar-refractivity contribution < 1.29 is 148 Å². The van der Waals surface area contributed by atoms with Gasteiger partial charge in [-0.1, -0.05) is 60.1 Å². The van der Waals surface area contributed by atoms with E-state index < -0.39 is 226 Å². The minimum absolute atomic E-state index is 0.0592. The summed E-state index contributed by atoms with van der Waals surface area (Å²) in [5, 5.41) is 184. The summed E-state index contributed by atoms with van der Waals surface area (Å²) in [5.41, 5.74) is -1.64. The zero-order valence-corrected chi connectivity index (χ0v) is 55.4. The molecule has 6 aliphatic heterocycles. The largest absolute Gasteiger partial charge is 0.432 e. The van der Waals surface area contributed by atoms with E-state index in [0.717, 1.165) is 12.8 Å². The second kappa shape index (κ2) is 27.7. The summed E-state index contributed by atoms with van der Waals surface area (Å²) < 4.78 is 72.5. The molecule has 0 radical (unpaired) electrons. The van der Waals surface area contributed by atoms with Crippen LogP contribution in [0.4, 0.5) is 0 Å². The summed E-state index contributed by atoms with van der Waals surface area (Å²) in [6.07, 6.45) is -38.8. The summed E-state index contributed by atoms with van der Waals surface area (Å²) in [6, 6.07) is 0. The van der Waals surface area contributed by atoms with Gasteiger partial charge in [0.25, 0.3) is 0 Å². The Kier molecular flexibility index (Phi) is 21.7. The molecule has 30 nitrogen and oxygen atoms in total. The third kappa shape index (κ3) is 12.9. The van der Waals surface area contributed by atoms with Gasteiger partial charge < -0.3 is 144 Å². The minimum Gasteiger partial charge on any atom is -0.432 e. The molecule has 0 unspecified atom stereocenters. The number of carbonyl (C=O) groups excluding carboxylic acids is 1. The Hall–Kier alpha value is -1.91. The molecule has 37 atom stereocenters. The quantitative estimate of drug-likeness (QED) is 0.0426. The van der Waals surface area contributed by atoms with Gasteiger partial charge in [-0.2, -0.15) is 0 Å². The van der Waals surface area contributed by atoms with Crippen molar-refractivity contribution in [2.24, 2.45) is 50.2 Å². The lowest BCUT2D eigenvalue weighted by molar-refractivity contribution is -0.388. The van der Waals surface area contributed by atoms with E-state index in [9.17, 15) is 86.8 Å². The average molecular weight is 1370 g/mol. The summed E-state index contributed by atoms with van der Waals surface area (Å²) in [5.74, 6) is -0.729. The monoisotopic (exact) mass is 1370 g/mol. The molecule has 0 aromatic heterocycles. The molecule has 6 saturated heterocycles. The molecule has 17 N–H and O–H groups in total. The van der Waals surface area contributed by atoms with Gasteiger partial charge in [0.05, 0.1) is 50.2 Å². The van der Waals surface area contributed by atoms with Crippen molar-refractivity contribution in [1.82, 2.24) is 0 Å². The van der Waals surface area contributed by atoms with Crippen molar-refractivity contribution in [2.45, 2.75) is 311 Å². The van der Waals surface area contributed by atoms with Crippen LogP contribution in [0.1, 0.15) is 127 Å². The van der Waals surface area contributed by atoms with E-state index in [0.29, 0.717) is 51.4 Å². The van der Waals surface area contributed by atoms with Gasteiger partial charge in [-0.3, -0.25) is 4.79 Å². The highest BCUT2D eigenvalue weighted by Gasteiger charge is 2.71. The minimum atomic E-state index is -1.92. The van der Waals surface area contributed by atoms with E-state index in [1.807, 2.05) is 0 Å². The van der Waals surface area contributed by atoms with Crippen LogP contribution in [0.15, 0.2) is 11.6 Å². The maximum atomic E-state index is 15.3. The Bertz CT molecular complexity index is 2670. The van der Waals surface area contributed by atoms with E-state index in [2.05, 4.69) is 54.5 Å². The Labute approximate surface area is 551 Å². The molecule has 11 aliphatic rings. The van der Waals surface area contributed by atoms with Crippen molar-refractivity contribution in [3.05, 3.63) is 11.6 Å². The van der Waals surface area contributed by atoms with E-state index >= 15 is 4.79 Å². The Morgan fingerprint density at radius 1 is 0.495 bits per heavy atom. The number of hydrogen-bond acceptors (Lipinski definition) is 30. The topological polar surface area (TPSA) is 472 Å². The van der Waals surface area contributed by atoms with Crippen LogP contribution in [0.25, 0.3) is 0 Å². The molecule has 0 bridgehead atoms. The fraction of sp³-hybridized carbons (Fsp3) is 0.954. The van der Waals surface area contributed by atoms with Crippen molar-refractivity contribution in [3.8, 4) is 0 Å². The van der Waals surface area contributed by atoms with Crippen LogP contribution in [0, 0.1) is 50.2 Å². The number of aliphatic hydroxyl groups excluding tert-OH is 17. The normalized spacial score (nSPS) is 54.6. The highest BCUT2D eigenvalue weighted by atomic mass is 16.8. The van der Waals surface area contributed by atoms with Gasteiger partial charge in [-0.05, 0) is 123 Å². The van der Waals surface area contributed by atoms with Gasteiger partial charge in [0.15, 0.2) is 31.5 Å². The van der Waals surface area contributed by atoms with Crippen molar-refractivity contribution >= 4 is 5.97 Å². The molecule has 10 fully saturated rings. The molecular weight excluding hydrogens is 1260 g/mol. The summed E-state index contributed by atoms with van der Waals surface area (Å²) >= 11 is 0. The van der Waals surface area contributed by atoms with Crippen LogP contribution in [0.5, 0.6) is 0 Å². The van der Waals surface area contributed by atoms with Gasteiger partial charge in [0.1, 0.15) is 128 Å². The number of ether oxygens (including phenoxy) is 12. The SMILES string of the molecule is C[C@@H]1O[C@@H](O[C@H]2[C@H](O[C@H]3CC[C@]4(C)[C@H]5CC=C6[C@@H]7CC(C)(C)CC[C@]7(C(=O)O[C@@H]7O[C@H](CO[C@@H]8O[C@H](CO)[C@@H](O[C@@H]9O[C@@H](C)[C@H](O)[C@@H](O)[C@H]9O)[C@H](O)[C@H]8O)[C@@H](O)[C@H](O)[C@H]7O)CC[C@@]6(C)[C@]5(C)CC[C@H]4C3(C)C)OC[C@H](O)[C@@H]2O[C@@H]2O[C@H](CO)[C@@H](O)[C@H](O)[C@H]2O)[C@H](O)[C@H](O)[C@H]1O. The maximum absolute atomic E-state index is 15.3. The lowest BCUT2D eigenvalue weighted by Crippen LogP contribution is -2.67. The highest BCUT2D eigenvalue weighted by molar-refractivity contribution is 5.79. The van der Waals surface area contributed by atoms with Gasteiger partial charge in [-0.25, -0.2) is 0 Å². The zero-order chi connectivity index (χ0) is 69.3. The lowest BCUT2D eigenvalue weighted by atomic mass is 9.33. The predicted octanol–water partition coefficient (Wildman–Crippen LogP) is -3.69. The summed E-state index contributed by atoms with van der Waals surface area (Å²) in [4.78, 5) is 15.3. The van der Waals surface area contributed by atoms with Crippen LogP contribution in [-0.2, 0) is 61.6 Å². The van der Waals surface area contributed by atoms with Crippen LogP contribution in [0.2, 0.25) is 0 Å². The molecule has 11 rings (SSSR count). The Balaban J connectivity index is 0.789.